The number of carbonyl (C=O) groups is 1. The lowest BCUT2D eigenvalue weighted by Crippen LogP contribution is -2.25. The van der Waals surface area contributed by atoms with Crippen LogP contribution in [0.15, 0.2) is 35.7 Å². The van der Waals surface area contributed by atoms with Crippen LogP contribution in [0.5, 0.6) is 0 Å². The molecule has 4 heteroatoms. The normalized spacial score (nSPS) is 16.5. The summed E-state index contributed by atoms with van der Waals surface area (Å²) in [6.45, 7) is 0. The van der Waals surface area contributed by atoms with Crippen LogP contribution >= 0.6 is 11.3 Å². The monoisotopic (exact) mass is 301 g/mol. The first-order chi connectivity index (χ1) is 10.1. The Hall–Kier alpha value is -1.65. The van der Waals surface area contributed by atoms with Crippen LogP contribution in [-0.4, -0.2) is 18.1 Å². The van der Waals surface area contributed by atoms with Crippen molar-refractivity contribution in [3.8, 4) is 0 Å². The number of aliphatic hydroxyl groups excluding tert-OH is 1. The molecule has 1 aromatic carbocycles. The molecule has 0 saturated carbocycles. The average Bonchev–Trinajstić information content (AvgIpc) is 2.94. The van der Waals surface area contributed by atoms with Gasteiger partial charge in [-0.1, -0.05) is 18.2 Å². The molecule has 0 spiro atoms. The first-order valence-corrected chi connectivity index (χ1v) is 8.13. The Labute approximate surface area is 128 Å². The van der Waals surface area contributed by atoms with E-state index in [2.05, 4.69) is 6.07 Å². The summed E-state index contributed by atoms with van der Waals surface area (Å²) in [6.07, 6.45) is 2.52. The molecule has 1 aliphatic heterocycles. The molecule has 0 aliphatic carbocycles. The van der Waals surface area contributed by atoms with Crippen LogP contribution in [-0.2, 0) is 17.6 Å². The Morgan fingerprint density at radius 2 is 2.19 bits per heavy atom. The van der Waals surface area contributed by atoms with Crippen molar-refractivity contribution in [1.82, 2.24) is 0 Å². The number of thiophene rings is 1. The maximum absolute atomic E-state index is 11.9. The summed E-state index contributed by atoms with van der Waals surface area (Å²) in [5.41, 5.74) is 3.07. The number of hydrogen-bond donors (Lipinski definition) is 1. The molecule has 1 amide bonds. The third-order valence-electron chi connectivity index (χ3n) is 4.04. The molecule has 1 N–H and O–H groups in total. The zero-order valence-electron chi connectivity index (χ0n) is 12.1. The SMILES string of the molecule is CN1C(=O)CCCc2cc(C(O)Cc3cccs3)ccc21. The summed E-state index contributed by atoms with van der Waals surface area (Å²) in [7, 11) is 1.83. The molecule has 0 bridgehead atoms. The lowest BCUT2D eigenvalue weighted by atomic mass is 9.99. The van der Waals surface area contributed by atoms with Gasteiger partial charge in [-0.3, -0.25) is 4.79 Å². The number of hydrogen-bond acceptors (Lipinski definition) is 3. The second kappa shape index (κ2) is 6.00. The fourth-order valence-electron chi connectivity index (χ4n) is 2.81. The van der Waals surface area contributed by atoms with E-state index in [1.165, 1.54) is 4.88 Å². The zero-order chi connectivity index (χ0) is 14.8. The maximum atomic E-state index is 11.9. The van der Waals surface area contributed by atoms with Gasteiger partial charge < -0.3 is 10.0 Å². The summed E-state index contributed by atoms with van der Waals surface area (Å²) in [4.78, 5) is 14.8. The van der Waals surface area contributed by atoms with Gasteiger partial charge in [0, 0.05) is 30.5 Å². The van der Waals surface area contributed by atoms with Crippen LogP contribution < -0.4 is 4.90 Å². The number of aliphatic hydroxyl groups is 1. The van der Waals surface area contributed by atoms with E-state index in [0.29, 0.717) is 12.8 Å². The molecule has 21 heavy (non-hydrogen) atoms. The quantitative estimate of drug-likeness (QED) is 0.944. The van der Waals surface area contributed by atoms with E-state index in [1.54, 1.807) is 16.2 Å². The van der Waals surface area contributed by atoms with Crippen molar-refractivity contribution in [2.75, 3.05) is 11.9 Å². The number of carbonyl (C=O) groups excluding carboxylic acids is 1. The minimum Gasteiger partial charge on any atom is -0.388 e. The Morgan fingerprint density at radius 3 is 2.95 bits per heavy atom. The molecular formula is C17H19NO2S. The summed E-state index contributed by atoms with van der Waals surface area (Å²) in [6, 6.07) is 10.0. The highest BCUT2D eigenvalue weighted by molar-refractivity contribution is 7.09. The third kappa shape index (κ3) is 3.01. The van der Waals surface area contributed by atoms with Gasteiger partial charge in [-0.05, 0) is 41.5 Å². The van der Waals surface area contributed by atoms with Crippen LogP contribution in [0.1, 0.15) is 34.9 Å². The maximum Gasteiger partial charge on any atom is 0.226 e. The van der Waals surface area contributed by atoms with Gasteiger partial charge in [-0.25, -0.2) is 0 Å². The van der Waals surface area contributed by atoms with Crippen LogP contribution in [0.3, 0.4) is 0 Å². The van der Waals surface area contributed by atoms with E-state index in [-0.39, 0.29) is 5.91 Å². The number of aryl methyl sites for hydroxylation is 1. The van der Waals surface area contributed by atoms with Crippen LogP contribution in [0.25, 0.3) is 0 Å². The molecule has 0 saturated heterocycles. The predicted octanol–water partition coefficient (Wildman–Crippen LogP) is 3.32. The molecule has 110 valence electrons. The van der Waals surface area contributed by atoms with E-state index < -0.39 is 6.10 Å². The molecule has 3 nitrogen and oxygen atoms in total. The second-order valence-corrected chi connectivity index (χ2v) is 6.53. The van der Waals surface area contributed by atoms with Gasteiger partial charge in [0.2, 0.25) is 5.91 Å². The van der Waals surface area contributed by atoms with Crippen molar-refractivity contribution in [2.45, 2.75) is 31.8 Å². The summed E-state index contributed by atoms with van der Waals surface area (Å²) >= 11 is 1.67. The summed E-state index contributed by atoms with van der Waals surface area (Å²) < 4.78 is 0. The Morgan fingerprint density at radius 1 is 1.33 bits per heavy atom. The number of nitrogens with zero attached hydrogens (tertiary/aromatic N) is 1. The van der Waals surface area contributed by atoms with Crippen LogP contribution in [0.2, 0.25) is 0 Å². The molecule has 1 aromatic heterocycles. The van der Waals surface area contributed by atoms with Gasteiger partial charge in [0.05, 0.1) is 6.10 Å². The second-order valence-electron chi connectivity index (χ2n) is 5.49. The molecule has 2 heterocycles. The van der Waals surface area contributed by atoms with E-state index in [0.717, 1.165) is 29.7 Å². The lowest BCUT2D eigenvalue weighted by molar-refractivity contribution is -0.118. The van der Waals surface area contributed by atoms with Gasteiger partial charge in [-0.2, -0.15) is 0 Å². The number of benzene rings is 1. The number of amides is 1. The molecule has 0 radical (unpaired) electrons. The molecule has 1 aliphatic rings. The van der Waals surface area contributed by atoms with E-state index in [1.807, 2.05) is 36.7 Å². The standard InChI is InChI=1S/C17H19NO2S/c1-18-15-8-7-13(10-12(15)4-2-6-17(18)20)16(19)11-14-5-3-9-21-14/h3,5,7-10,16,19H,2,4,6,11H2,1H3. The molecule has 2 aromatic rings. The highest BCUT2D eigenvalue weighted by Gasteiger charge is 2.20. The predicted molar refractivity (Wildman–Crippen MR) is 85.8 cm³/mol. The number of rotatable bonds is 3. The van der Waals surface area contributed by atoms with Crippen molar-refractivity contribution in [1.29, 1.82) is 0 Å². The molecule has 0 fully saturated rings. The fourth-order valence-corrected chi connectivity index (χ4v) is 3.55. The smallest absolute Gasteiger partial charge is 0.226 e. The van der Waals surface area contributed by atoms with Gasteiger partial charge in [0.1, 0.15) is 0 Å². The van der Waals surface area contributed by atoms with Crippen molar-refractivity contribution < 1.29 is 9.90 Å². The van der Waals surface area contributed by atoms with Gasteiger partial charge in [0.25, 0.3) is 0 Å². The van der Waals surface area contributed by atoms with Crippen molar-refractivity contribution in [3.63, 3.8) is 0 Å². The molecule has 1 atom stereocenters. The molecular weight excluding hydrogens is 282 g/mol. The first kappa shape index (κ1) is 14.3. The molecule has 3 rings (SSSR count). The fraction of sp³-hybridized carbons (Fsp3) is 0.353. The highest BCUT2D eigenvalue weighted by Crippen LogP contribution is 2.30. The van der Waals surface area contributed by atoms with Crippen molar-refractivity contribution >= 4 is 22.9 Å². The van der Waals surface area contributed by atoms with Crippen molar-refractivity contribution in [3.05, 3.63) is 51.7 Å². The summed E-state index contributed by atoms with van der Waals surface area (Å²) in [5.74, 6) is 0.167. The van der Waals surface area contributed by atoms with Gasteiger partial charge in [-0.15, -0.1) is 11.3 Å². The van der Waals surface area contributed by atoms with E-state index in [4.69, 9.17) is 0 Å². The lowest BCUT2D eigenvalue weighted by Gasteiger charge is -2.19. The molecule has 1 unspecified atom stereocenters. The first-order valence-electron chi connectivity index (χ1n) is 7.25. The Balaban J connectivity index is 1.85. The van der Waals surface area contributed by atoms with Crippen LogP contribution in [0, 0.1) is 0 Å². The largest absolute Gasteiger partial charge is 0.388 e. The minimum absolute atomic E-state index is 0.167. The van der Waals surface area contributed by atoms with Crippen LogP contribution in [0.4, 0.5) is 5.69 Å². The minimum atomic E-state index is -0.488. The van der Waals surface area contributed by atoms with Gasteiger partial charge >= 0.3 is 0 Å². The average molecular weight is 301 g/mol. The highest BCUT2D eigenvalue weighted by atomic mass is 32.1. The topological polar surface area (TPSA) is 40.5 Å². The van der Waals surface area contributed by atoms with Gasteiger partial charge in [0.15, 0.2) is 0 Å². The number of anilines is 1. The summed E-state index contributed by atoms with van der Waals surface area (Å²) in [5, 5.41) is 12.4. The van der Waals surface area contributed by atoms with Crippen molar-refractivity contribution in [2.24, 2.45) is 0 Å². The number of fused-ring (bicyclic) bond motifs is 1. The zero-order valence-corrected chi connectivity index (χ0v) is 12.9. The van der Waals surface area contributed by atoms with E-state index >= 15 is 0 Å². The third-order valence-corrected chi connectivity index (χ3v) is 4.93. The van der Waals surface area contributed by atoms with E-state index in [9.17, 15) is 9.90 Å². The Kier molecular flexibility index (Phi) is 4.08. The Bertz CT molecular complexity index is 636.